The third kappa shape index (κ3) is 5.89. The van der Waals surface area contributed by atoms with Gasteiger partial charge in [-0.2, -0.15) is 0 Å². The summed E-state index contributed by atoms with van der Waals surface area (Å²) in [6.45, 7) is 12.8. The van der Waals surface area contributed by atoms with Crippen LogP contribution in [-0.2, 0) is 0 Å². The molecule has 0 unspecified atom stereocenters. The lowest BCUT2D eigenvalue weighted by Crippen LogP contribution is -2.38. The fourth-order valence-electron chi connectivity index (χ4n) is 2.87. The molecule has 0 aliphatic heterocycles. The molecule has 1 aliphatic carbocycles. The summed E-state index contributed by atoms with van der Waals surface area (Å²) in [7, 11) is 0. The second-order valence-corrected chi connectivity index (χ2v) is 7.45. The minimum absolute atomic E-state index is 0.267. The van der Waals surface area contributed by atoms with Gasteiger partial charge >= 0.3 is 0 Å². The summed E-state index contributed by atoms with van der Waals surface area (Å²) in [6, 6.07) is 0. The van der Waals surface area contributed by atoms with Crippen molar-refractivity contribution in [2.75, 3.05) is 6.54 Å². The van der Waals surface area contributed by atoms with E-state index in [1.54, 1.807) is 0 Å². The normalized spacial score (nSPS) is 19.3. The van der Waals surface area contributed by atoms with Crippen LogP contribution in [0.25, 0.3) is 0 Å². The second-order valence-electron chi connectivity index (χ2n) is 7.45. The van der Waals surface area contributed by atoms with E-state index in [2.05, 4.69) is 39.9 Å². The van der Waals surface area contributed by atoms with Crippen LogP contribution in [0.2, 0.25) is 0 Å². The van der Waals surface area contributed by atoms with E-state index in [-0.39, 0.29) is 5.54 Å². The van der Waals surface area contributed by atoms with Crippen molar-refractivity contribution in [2.45, 2.75) is 78.7 Å². The zero-order chi connectivity index (χ0) is 12.2. The van der Waals surface area contributed by atoms with Gasteiger partial charge in [-0.1, -0.05) is 39.5 Å². The standard InChI is InChI=1S/C15H31N/c1-14(2,3)16-11-10-15(4,5)12-13-8-6-7-9-13/h13,16H,6-12H2,1-5H3. The predicted molar refractivity (Wildman–Crippen MR) is 72.7 cm³/mol. The van der Waals surface area contributed by atoms with Crippen molar-refractivity contribution in [3.8, 4) is 0 Å². The van der Waals surface area contributed by atoms with Crippen molar-refractivity contribution < 1.29 is 0 Å². The van der Waals surface area contributed by atoms with E-state index in [1.165, 1.54) is 38.5 Å². The Morgan fingerprint density at radius 3 is 2.06 bits per heavy atom. The first-order chi connectivity index (χ1) is 7.29. The molecule has 0 spiro atoms. The van der Waals surface area contributed by atoms with Gasteiger partial charge in [-0.3, -0.25) is 0 Å². The van der Waals surface area contributed by atoms with E-state index in [1.807, 2.05) is 0 Å². The van der Waals surface area contributed by atoms with Gasteiger partial charge in [0.2, 0.25) is 0 Å². The van der Waals surface area contributed by atoms with Gasteiger partial charge in [-0.25, -0.2) is 0 Å². The van der Waals surface area contributed by atoms with Crippen LogP contribution in [0.4, 0.5) is 0 Å². The predicted octanol–water partition coefficient (Wildman–Crippen LogP) is 4.37. The van der Waals surface area contributed by atoms with Gasteiger partial charge in [0.15, 0.2) is 0 Å². The SMILES string of the molecule is CC(C)(CCNC(C)(C)C)CC1CCCC1. The van der Waals surface area contributed by atoms with E-state index >= 15 is 0 Å². The monoisotopic (exact) mass is 225 g/mol. The van der Waals surface area contributed by atoms with Crippen LogP contribution >= 0.6 is 0 Å². The van der Waals surface area contributed by atoms with Gasteiger partial charge in [0.05, 0.1) is 0 Å². The Bertz CT molecular complexity index is 194. The summed E-state index contributed by atoms with van der Waals surface area (Å²) in [5, 5.41) is 3.60. The molecule has 0 saturated heterocycles. The molecule has 1 N–H and O–H groups in total. The highest BCUT2D eigenvalue weighted by molar-refractivity contribution is 4.79. The molecule has 0 aromatic heterocycles. The van der Waals surface area contributed by atoms with Gasteiger partial charge in [-0.05, 0) is 51.5 Å². The third-order valence-electron chi connectivity index (χ3n) is 3.77. The summed E-state index contributed by atoms with van der Waals surface area (Å²) in [6.07, 6.45) is 8.65. The Kier molecular flexibility index (Phi) is 4.85. The number of hydrogen-bond acceptors (Lipinski definition) is 1. The molecular formula is C15H31N. The van der Waals surface area contributed by atoms with Crippen LogP contribution in [0, 0.1) is 11.3 Å². The van der Waals surface area contributed by atoms with Crippen LogP contribution in [-0.4, -0.2) is 12.1 Å². The average molecular weight is 225 g/mol. The van der Waals surface area contributed by atoms with Crippen LogP contribution < -0.4 is 5.32 Å². The van der Waals surface area contributed by atoms with Crippen LogP contribution in [0.3, 0.4) is 0 Å². The largest absolute Gasteiger partial charge is 0.312 e. The molecule has 1 saturated carbocycles. The molecule has 0 atom stereocenters. The van der Waals surface area contributed by atoms with Gasteiger partial charge in [0, 0.05) is 5.54 Å². The van der Waals surface area contributed by atoms with E-state index in [0.717, 1.165) is 12.5 Å². The second kappa shape index (κ2) is 5.53. The molecule has 1 aliphatic rings. The molecule has 1 rings (SSSR count). The first-order valence-electron chi connectivity index (χ1n) is 7.04. The Balaban J connectivity index is 2.22. The molecule has 0 heterocycles. The van der Waals surface area contributed by atoms with Crippen molar-refractivity contribution in [1.82, 2.24) is 5.32 Å². The minimum atomic E-state index is 0.267. The Morgan fingerprint density at radius 1 is 1.00 bits per heavy atom. The first-order valence-corrected chi connectivity index (χ1v) is 7.04. The first kappa shape index (κ1) is 14.0. The van der Waals surface area contributed by atoms with Gasteiger partial charge < -0.3 is 5.32 Å². The maximum atomic E-state index is 3.60. The number of rotatable bonds is 5. The molecule has 1 fully saturated rings. The average Bonchev–Trinajstić information content (AvgIpc) is 2.52. The van der Waals surface area contributed by atoms with Crippen molar-refractivity contribution >= 4 is 0 Å². The summed E-state index contributed by atoms with van der Waals surface area (Å²) < 4.78 is 0. The summed E-state index contributed by atoms with van der Waals surface area (Å²) in [5.74, 6) is 1.02. The highest BCUT2D eigenvalue weighted by Crippen LogP contribution is 2.37. The lowest BCUT2D eigenvalue weighted by molar-refractivity contribution is 0.237. The molecule has 16 heavy (non-hydrogen) atoms. The molecule has 1 nitrogen and oxygen atoms in total. The van der Waals surface area contributed by atoms with Crippen molar-refractivity contribution in [1.29, 1.82) is 0 Å². The smallest absolute Gasteiger partial charge is 0.00965 e. The van der Waals surface area contributed by atoms with Crippen molar-refractivity contribution in [3.63, 3.8) is 0 Å². The molecule has 0 radical (unpaired) electrons. The summed E-state index contributed by atoms with van der Waals surface area (Å²) >= 11 is 0. The molecule has 0 amide bonds. The lowest BCUT2D eigenvalue weighted by atomic mass is 9.79. The molecule has 0 aromatic carbocycles. The molecule has 96 valence electrons. The zero-order valence-electron chi connectivity index (χ0n) is 12.0. The zero-order valence-corrected chi connectivity index (χ0v) is 12.0. The van der Waals surface area contributed by atoms with E-state index in [9.17, 15) is 0 Å². The Labute approximate surface area is 102 Å². The van der Waals surface area contributed by atoms with Crippen molar-refractivity contribution in [3.05, 3.63) is 0 Å². The minimum Gasteiger partial charge on any atom is -0.312 e. The topological polar surface area (TPSA) is 12.0 Å². The lowest BCUT2D eigenvalue weighted by Gasteiger charge is -2.30. The maximum absolute atomic E-state index is 3.60. The highest BCUT2D eigenvalue weighted by Gasteiger charge is 2.25. The Morgan fingerprint density at radius 2 is 1.56 bits per heavy atom. The molecule has 0 bridgehead atoms. The fourth-order valence-corrected chi connectivity index (χ4v) is 2.87. The van der Waals surface area contributed by atoms with Crippen LogP contribution in [0.5, 0.6) is 0 Å². The summed E-state index contributed by atoms with van der Waals surface area (Å²) in [4.78, 5) is 0. The summed E-state index contributed by atoms with van der Waals surface area (Å²) in [5.41, 5.74) is 0.788. The third-order valence-corrected chi connectivity index (χ3v) is 3.77. The van der Waals surface area contributed by atoms with E-state index in [0.29, 0.717) is 5.41 Å². The van der Waals surface area contributed by atoms with Gasteiger partial charge in [0.1, 0.15) is 0 Å². The van der Waals surface area contributed by atoms with E-state index in [4.69, 9.17) is 0 Å². The van der Waals surface area contributed by atoms with Crippen LogP contribution in [0.1, 0.15) is 73.1 Å². The van der Waals surface area contributed by atoms with Crippen molar-refractivity contribution in [2.24, 2.45) is 11.3 Å². The Hall–Kier alpha value is -0.0400. The quantitative estimate of drug-likeness (QED) is 0.732. The molecule has 0 aromatic rings. The van der Waals surface area contributed by atoms with Gasteiger partial charge in [0.25, 0.3) is 0 Å². The fraction of sp³-hybridized carbons (Fsp3) is 1.00. The van der Waals surface area contributed by atoms with Crippen LogP contribution in [0.15, 0.2) is 0 Å². The molecule has 1 heteroatoms. The number of hydrogen-bond donors (Lipinski definition) is 1. The highest BCUT2D eigenvalue weighted by atomic mass is 14.9. The molecular weight excluding hydrogens is 194 g/mol. The maximum Gasteiger partial charge on any atom is 0.00965 e. The number of nitrogens with one attached hydrogen (secondary N) is 1. The van der Waals surface area contributed by atoms with E-state index < -0.39 is 0 Å². The van der Waals surface area contributed by atoms with Gasteiger partial charge in [-0.15, -0.1) is 0 Å².